The lowest BCUT2D eigenvalue weighted by atomic mass is 9.95. The van der Waals surface area contributed by atoms with E-state index in [-0.39, 0.29) is 17.7 Å². The monoisotopic (exact) mass is 342 g/mol. The maximum absolute atomic E-state index is 12.5. The van der Waals surface area contributed by atoms with E-state index in [4.69, 9.17) is 0 Å². The van der Waals surface area contributed by atoms with Crippen LogP contribution in [-0.4, -0.2) is 29.8 Å². The summed E-state index contributed by atoms with van der Waals surface area (Å²) in [7, 11) is 0. The molecule has 0 unspecified atom stereocenters. The highest BCUT2D eigenvalue weighted by Crippen LogP contribution is 2.23. The number of hydrogen-bond acceptors (Lipinski definition) is 3. The molecular weight excluding hydrogens is 320 g/mol. The molecule has 2 heterocycles. The molecule has 0 bridgehead atoms. The van der Waals surface area contributed by atoms with Gasteiger partial charge >= 0.3 is 0 Å². The zero-order valence-electron chi connectivity index (χ0n) is 13.8. The molecule has 1 fully saturated rings. The van der Waals surface area contributed by atoms with Crippen LogP contribution in [0.15, 0.2) is 41.8 Å². The third-order valence-electron chi connectivity index (χ3n) is 4.52. The van der Waals surface area contributed by atoms with E-state index >= 15 is 0 Å². The second kappa shape index (κ2) is 7.62. The van der Waals surface area contributed by atoms with Gasteiger partial charge < -0.3 is 10.2 Å². The topological polar surface area (TPSA) is 49.4 Å². The number of carbonyl (C=O) groups is 2. The Balaban J connectivity index is 1.49. The van der Waals surface area contributed by atoms with Gasteiger partial charge in [0.05, 0.1) is 4.88 Å². The summed E-state index contributed by atoms with van der Waals surface area (Å²) in [6.07, 6.45) is 1.47. The third kappa shape index (κ3) is 3.85. The maximum Gasteiger partial charge on any atom is 0.264 e. The van der Waals surface area contributed by atoms with Crippen molar-refractivity contribution < 1.29 is 9.59 Å². The fraction of sp³-hybridized carbons (Fsp3) is 0.368. The number of rotatable bonds is 4. The maximum atomic E-state index is 12.5. The second-order valence-electron chi connectivity index (χ2n) is 6.20. The minimum Gasteiger partial charge on any atom is -0.352 e. The Morgan fingerprint density at radius 2 is 1.88 bits per heavy atom. The van der Waals surface area contributed by atoms with Gasteiger partial charge in [0, 0.05) is 25.6 Å². The average Bonchev–Trinajstić information content (AvgIpc) is 3.06. The van der Waals surface area contributed by atoms with Crippen LogP contribution in [0.1, 0.15) is 33.6 Å². The summed E-state index contributed by atoms with van der Waals surface area (Å²) in [5, 5.41) is 4.96. The number of thiophene rings is 1. The van der Waals surface area contributed by atoms with Crippen molar-refractivity contribution >= 4 is 23.2 Å². The molecule has 1 aliphatic rings. The van der Waals surface area contributed by atoms with Gasteiger partial charge in [-0.2, -0.15) is 0 Å². The van der Waals surface area contributed by atoms with Gasteiger partial charge in [-0.05, 0) is 42.3 Å². The summed E-state index contributed by atoms with van der Waals surface area (Å²) in [5.41, 5.74) is 2.14. The molecule has 2 aromatic rings. The van der Waals surface area contributed by atoms with Crippen LogP contribution in [0.4, 0.5) is 0 Å². The number of aryl methyl sites for hydroxylation is 1. The second-order valence-corrected chi connectivity index (χ2v) is 7.12. The lowest BCUT2D eigenvalue weighted by molar-refractivity contribution is -0.126. The van der Waals surface area contributed by atoms with Gasteiger partial charge in [0.25, 0.3) is 5.91 Å². The number of carbonyl (C=O) groups excluding carboxylic acids is 2. The molecule has 1 saturated heterocycles. The molecule has 0 spiro atoms. The molecule has 4 nitrogen and oxygen atoms in total. The minimum absolute atomic E-state index is 0.00203. The fourth-order valence-corrected chi connectivity index (χ4v) is 3.90. The first-order valence-corrected chi connectivity index (χ1v) is 9.18. The van der Waals surface area contributed by atoms with Gasteiger partial charge in [-0.25, -0.2) is 0 Å². The predicted molar refractivity (Wildman–Crippen MR) is 96.0 cm³/mol. The number of hydrogen-bond donors (Lipinski definition) is 1. The van der Waals surface area contributed by atoms with Crippen LogP contribution < -0.4 is 5.32 Å². The predicted octanol–water partition coefficient (Wildman–Crippen LogP) is 3.23. The van der Waals surface area contributed by atoms with Crippen molar-refractivity contribution in [1.82, 2.24) is 10.2 Å². The smallest absolute Gasteiger partial charge is 0.264 e. The molecule has 1 aromatic carbocycles. The van der Waals surface area contributed by atoms with E-state index in [0.29, 0.717) is 19.6 Å². The van der Waals surface area contributed by atoms with Gasteiger partial charge in [0.15, 0.2) is 0 Å². The highest BCUT2D eigenvalue weighted by atomic mass is 32.1. The van der Waals surface area contributed by atoms with Crippen LogP contribution in [0.2, 0.25) is 0 Å². The molecule has 5 heteroatoms. The van der Waals surface area contributed by atoms with Crippen LogP contribution in [0, 0.1) is 12.8 Å². The average molecular weight is 342 g/mol. The van der Waals surface area contributed by atoms with E-state index in [9.17, 15) is 9.59 Å². The first-order valence-electron chi connectivity index (χ1n) is 8.30. The van der Waals surface area contributed by atoms with E-state index in [1.165, 1.54) is 11.3 Å². The van der Waals surface area contributed by atoms with Gasteiger partial charge in [-0.15, -0.1) is 11.3 Å². The number of likely N-dealkylation sites (tertiary alicyclic amines) is 1. The van der Waals surface area contributed by atoms with Crippen molar-refractivity contribution in [3.05, 3.63) is 57.8 Å². The van der Waals surface area contributed by atoms with Gasteiger partial charge in [-0.3, -0.25) is 9.59 Å². The number of nitrogens with zero attached hydrogens (tertiary/aromatic N) is 1. The van der Waals surface area contributed by atoms with E-state index in [1.807, 2.05) is 53.6 Å². The molecule has 3 rings (SSSR count). The molecular formula is C19H22N2O2S. The largest absolute Gasteiger partial charge is 0.352 e. The third-order valence-corrected chi connectivity index (χ3v) is 5.52. The summed E-state index contributed by atoms with van der Waals surface area (Å²) in [5.74, 6) is 0.200. The lowest BCUT2D eigenvalue weighted by Crippen LogP contribution is -2.42. The number of amides is 2. The quantitative estimate of drug-likeness (QED) is 0.927. The molecule has 0 aliphatic carbocycles. The molecule has 1 aromatic heterocycles. The van der Waals surface area contributed by atoms with Crippen LogP contribution in [0.25, 0.3) is 0 Å². The highest BCUT2D eigenvalue weighted by molar-refractivity contribution is 7.12. The molecule has 126 valence electrons. The van der Waals surface area contributed by atoms with E-state index in [2.05, 4.69) is 5.32 Å². The van der Waals surface area contributed by atoms with Crippen molar-refractivity contribution in [2.45, 2.75) is 26.3 Å². The summed E-state index contributed by atoms with van der Waals surface area (Å²) in [6.45, 7) is 3.83. The Bertz CT molecular complexity index is 703. The van der Waals surface area contributed by atoms with E-state index in [0.717, 1.165) is 28.8 Å². The Labute approximate surface area is 146 Å². The summed E-state index contributed by atoms with van der Waals surface area (Å²) >= 11 is 1.49. The fourth-order valence-electron chi connectivity index (χ4n) is 3.01. The Hall–Kier alpha value is -2.14. The normalized spacial score (nSPS) is 15.3. The van der Waals surface area contributed by atoms with Gasteiger partial charge in [-0.1, -0.05) is 30.3 Å². The molecule has 0 atom stereocenters. The van der Waals surface area contributed by atoms with Crippen molar-refractivity contribution in [2.75, 3.05) is 13.1 Å². The van der Waals surface area contributed by atoms with Gasteiger partial charge in [0.1, 0.15) is 0 Å². The number of nitrogens with one attached hydrogen (secondary N) is 1. The van der Waals surface area contributed by atoms with Crippen LogP contribution in [0.3, 0.4) is 0 Å². The Morgan fingerprint density at radius 1 is 1.17 bits per heavy atom. The molecule has 1 aliphatic heterocycles. The summed E-state index contributed by atoms with van der Waals surface area (Å²) in [6, 6.07) is 11.9. The van der Waals surface area contributed by atoms with Crippen LogP contribution >= 0.6 is 11.3 Å². The van der Waals surface area contributed by atoms with E-state index in [1.54, 1.807) is 0 Å². The molecule has 1 N–H and O–H groups in total. The van der Waals surface area contributed by atoms with E-state index < -0.39 is 0 Å². The van der Waals surface area contributed by atoms with Crippen molar-refractivity contribution in [3.8, 4) is 0 Å². The zero-order valence-corrected chi connectivity index (χ0v) is 14.6. The standard InChI is InChI=1S/C19H22N2O2S/c1-14-9-12-24-17(14)19(23)21-10-7-16(8-11-21)18(22)20-13-15-5-3-2-4-6-15/h2-6,9,12,16H,7-8,10-11,13H2,1H3,(H,20,22). The van der Waals surface area contributed by atoms with Crippen LogP contribution in [-0.2, 0) is 11.3 Å². The number of benzene rings is 1. The van der Waals surface area contributed by atoms with Crippen molar-refractivity contribution in [1.29, 1.82) is 0 Å². The zero-order chi connectivity index (χ0) is 16.9. The molecule has 2 amide bonds. The SMILES string of the molecule is Cc1ccsc1C(=O)N1CCC(C(=O)NCc2ccccc2)CC1. The molecule has 0 radical (unpaired) electrons. The lowest BCUT2D eigenvalue weighted by Gasteiger charge is -2.31. The Morgan fingerprint density at radius 3 is 2.50 bits per heavy atom. The first kappa shape index (κ1) is 16.7. The first-order chi connectivity index (χ1) is 11.6. The minimum atomic E-state index is 0.00203. The molecule has 0 saturated carbocycles. The Kier molecular flexibility index (Phi) is 5.30. The summed E-state index contributed by atoms with van der Waals surface area (Å²) in [4.78, 5) is 27.5. The highest BCUT2D eigenvalue weighted by Gasteiger charge is 2.28. The van der Waals surface area contributed by atoms with Crippen LogP contribution in [0.5, 0.6) is 0 Å². The molecule has 24 heavy (non-hydrogen) atoms. The number of piperidine rings is 1. The van der Waals surface area contributed by atoms with Gasteiger partial charge in [0.2, 0.25) is 5.91 Å². The van der Waals surface area contributed by atoms with Crippen molar-refractivity contribution in [3.63, 3.8) is 0 Å². The van der Waals surface area contributed by atoms with Crippen molar-refractivity contribution in [2.24, 2.45) is 5.92 Å². The summed E-state index contributed by atoms with van der Waals surface area (Å²) < 4.78 is 0.